The van der Waals surface area contributed by atoms with E-state index in [1.54, 1.807) is 13.2 Å². The molecule has 0 aliphatic rings. The second-order valence-corrected chi connectivity index (χ2v) is 7.14. The molecule has 0 bridgehead atoms. The second-order valence-electron chi connectivity index (χ2n) is 7.14. The molecule has 3 aromatic rings. The highest BCUT2D eigenvalue weighted by Gasteiger charge is 2.09. The van der Waals surface area contributed by atoms with Crippen LogP contribution in [0.5, 0.6) is 17.4 Å². The Labute approximate surface area is 205 Å². The van der Waals surface area contributed by atoms with Crippen molar-refractivity contribution in [2.24, 2.45) is 4.99 Å². The molecule has 2 aromatic heterocycles. The fraction of sp³-hybridized carbons (Fsp3) is 0.348. The van der Waals surface area contributed by atoms with E-state index in [4.69, 9.17) is 14.0 Å². The minimum atomic E-state index is 0. The van der Waals surface area contributed by atoms with Gasteiger partial charge in [-0.05, 0) is 30.5 Å². The first-order chi connectivity index (χ1) is 15.1. The zero-order valence-electron chi connectivity index (χ0n) is 18.8. The van der Waals surface area contributed by atoms with Crippen LogP contribution in [0.15, 0.2) is 58.2 Å². The molecule has 32 heavy (non-hydrogen) atoms. The summed E-state index contributed by atoms with van der Waals surface area (Å²) in [5, 5.41) is 10.5. The van der Waals surface area contributed by atoms with Crippen molar-refractivity contribution in [3.8, 4) is 17.4 Å². The van der Waals surface area contributed by atoms with E-state index in [0.717, 1.165) is 17.0 Å². The Balaban J connectivity index is 0.00000363. The fourth-order valence-electron chi connectivity index (χ4n) is 2.76. The third-order valence-electron chi connectivity index (χ3n) is 4.44. The molecule has 0 spiro atoms. The molecule has 0 amide bonds. The predicted molar refractivity (Wildman–Crippen MR) is 135 cm³/mol. The normalized spacial score (nSPS) is 11.1. The number of nitrogens with one attached hydrogen (secondary N) is 2. The number of nitrogens with zero attached hydrogens (tertiary/aromatic N) is 3. The molecular weight excluding hydrogens is 521 g/mol. The van der Waals surface area contributed by atoms with Crippen molar-refractivity contribution in [3.05, 3.63) is 65.7 Å². The van der Waals surface area contributed by atoms with Crippen molar-refractivity contribution in [3.63, 3.8) is 0 Å². The highest BCUT2D eigenvalue weighted by atomic mass is 127. The topological polar surface area (TPSA) is 93.8 Å². The molecule has 172 valence electrons. The van der Waals surface area contributed by atoms with Gasteiger partial charge in [-0.25, -0.2) is 4.98 Å². The zero-order valence-corrected chi connectivity index (χ0v) is 21.1. The molecule has 8 nitrogen and oxygen atoms in total. The van der Waals surface area contributed by atoms with E-state index in [0.29, 0.717) is 49.0 Å². The number of aliphatic imine (C=N–C) groups is 1. The average molecular weight is 551 g/mol. The smallest absolute Gasteiger partial charge is 0.219 e. The SMILES string of the molecule is CCOc1ccccc1Oc1ccc(CNC(=NC)NCc2cc(C(C)C)no2)cn1.I. The van der Waals surface area contributed by atoms with E-state index in [-0.39, 0.29) is 24.0 Å². The summed E-state index contributed by atoms with van der Waals surface area (Å²) in [7, 11) is 1.72. The monoisotopic (exact) mass is 551 g/mol. The van der Waals surface area contributed by atoms with Crippen LogP contribution in [-0.4, -0.2) is 29.8 Å². The van der Waals surface area contributed by atoms with Gasteiger partial charge in [0, 0.05) is 31.9 Å². The number of hydrogen-bond acceptors (Lipinski definition) is 6. The molecule has 9 heteroatoms. The van der Waals surface area contributed by atoms with Gasteiger partial charge in [-0.3, -0.25) is 4.99 Å². The molecule has 0 fully saturated rings. The number of para-hydroxylation sites is 2. The minimum absolute atomic E-state index is 0. The zero-order chi connectivity index (χ0) is 22.1. The number of benzene rings is 1. The molecular formula is C23H30IN5O3. The first-order valence-electron chi connectivity index (χ1n) is 10.3. The molecule has 0 aliphatic carbocycles. The molecule has 0 unspecified atom stereocenters. The Bertz CT molecular complexity index is 989. The maximum Gasteiger partial charge on any atom is 0.219 e. The van der Waals surface area contributed by atoms with Gasteiger partial charge in [0.2, 0.25) is 5.88 Å². The Morgan fingerprint density at radius 2 is 1.84 bits per heavy atom. The Hall–Kier alpha value is -2.82. The van der Waals surface area contributed by atoms with Crippen molar-refractivity contribution in [1.29, 1.82) is 0 Å². The number of rotatable bonds is 9. The summed E-state index contributed by atoms with van der Waals surface area (Å²) < 4.78 is 16.8. The molecule has 0 radical (unpaired) electrons. The fourth-order valence-corrected chi connectivity index (χ4v) is 2.76. The number of ether oxygens (including phenoxy) is 2. The lowest BCUT2D eigenvalue weighted by atomic mass is 10.1. The number of aromatic nitrogens is 2. The highest BCUT2D eigenvalue weighted by molar-refractivity contribution is 14.0. The average Bonchev–Trinajstić information content (AvgIpc) is 3.26. The molecule has 0 aliphatic heterocycles. The van der Waals surface area contributed by atoms with Crippen LogP contribution in [0.25, 0.3) is 0 Å². The quantitative estimate of drug-likeness (QED) is 0.223. The van der Waals surface area contributed by atoms with Gasteiger partial charge in [-0.1, -0.05) is 37.2 Å². The van der Waals surface area contributed by atoms with Crippen LogP contribution in [0.1, 0.15) is 43.7 Å². The lowest BCUT2D eigenvalue weighted by Crippen LogP contribution is -2.36. The summed E-state index contributed by atoms with van der Waals surface area (Å²) in [5.74, 6) is 3.60. The van der Waals surface area contributed by atoms with Gasteiger partial charge >= 0.3 is 0 Å². The summed E-state index contributed by atoms with van der Waals surface area (Å²) in [5.41, 5.74) is 1.94. The van der Waals surface area contributed by atoms with Crippen molar-refractivity contribution >= 4 is 29.9 Å². The van der Waals surface area contributed by atoms with E-state index >= 15 is 0 Å². The third kappa shape index (κ3) is 7.40. The van der Waals surface area contributed by atoms with E-state index in [2.05, 4.69) is 39.6 Å². The molecule has 2 heterocycles. The summed E-state index contributed by atoms with van der Waals surface area (Å²) in [6.07, 6.45) is 1.77. The number of guanidine groups is 1. The van der Waals surface area contributed by atoms with Crippen LogP contribution in [0.4, 0.5) is 0 Å². The molecule has 0 atom stereocenters. The molecule has 2 N–H and O–H groups in total. The number of pyridine rings is 1. The largest absolute Gasteiger partial charge is 0.490 e. The second kappa shape index (κ2) is 12.9. The van der Waals surface area contributed by atoms with Crippen LogP contribution in [0, 0.1) is 0 Å². The first kappa shape index (κ1) is 25.4. The molecule has 3 rings (SSSR count). The van der Waals surface area contributed by atoms with Crippen molar-refractivity contribution in [1.82, 2.24) is 20.8 Å². The van der Waals surface area contributed by atoms with Gasteiger partial charge in [0.25, 0.3) is 0 Å². The maximum absolute atomic E-state index is 5.86. The van der Waals surface area contributed by atoms with Gasteiger partial charge in [0.05, 0.1) is 18.8 Å². The Morgan fingerprint density at radius 1 is 1.09 bits per heavy atom. The Kier molecular flexibility index (Phi) is 10.3. The maximum atomic E-state index is 5.86. The van der Waals surface area contributed by atoms with Crippen LogP contribution >= 0.6 is 24.0 Å². The Morgan fingerprint density at radius 3 is 2.47 bits per heavy atom. The van der Waals surface area contributed by atoms with Crippen LogP contribution in [0.3, 0.4) is 0 Å². The lowest BCUT2D eigenvalue weighted by Gasteiger charge is -2.12. The van der Waals surface area contributed by atoms with E-state index in [1.807, 2.05) is 49.4 Å². The van der Waals surface area contributed by atoms with Crippen molar-refractivity contribution in [2.75, 3.05) is 13.7 Å². The number of halogens is 1. The molecule has 0 saturated carbocycles. The van der Waals surface area contributed by atoms with E-state index in [1.165, 1.54) is 0 Å². The lowest BCUT2D eigenvalue weighted by molar-refractivity contribution is 0.319. The molecule has 1 aromatic carbocycles. The van der Waals surface area contributed by atoms with Crippen LogP contribution in [0.2, 0.25) is 0 Å². The minimum Gasteiger partial charge on any atom is -0.490 e. The highest BCUT2D eigenvalue weighted by Crippen LogP contribution is 2.30. The van der Waals surface area contributed by atoms with Crippen molar-refractivity contribution < 1.29 is 14.0 Å². The van der Waals surface area contributed by atoms with Crippen LogP contribution in [-0.2, 0) is 13.1 Å². The predicted octanol–water partition coefficient (Wildman–Crippen LogP) is 4.87. The van der Waals surface area contributed by atoms with E-state index < -0.39 is 0 Å². The standard InChI is InChI=1S/C23H29N5O3.HI/c1-5-29-20-8-6-7-9-21(20)30-22-11-10-17(13-25-22)14-26-23(24-4)27-15-18-12-19(16(2)3)28-31-18;/h6-13,16H,5,14-15H2,1-4H3,(H2,24,26,27);1H. The summed E-state index contributed by atoms with van der Waals surface area (Å²) in [6.45, 7) is 7.74. The van der Waals surface area contributed by atoms with Gasteiger partial charge < -0.3 is 24.6 Å². The van der Waals surface area contributed by atoms with Crippen molar-refractivity contribution in [2.45, 2.75) is 39.8 Å². The van der Waals surface area contributed by atoms with Gasteiger partial charge in [0.15, 0.2) is 23.2 Å². The first-order valence-corrected chi connectivity index (χ1v) is 10.3. The molecule has 0 saturated heterocycles. The van der Waals surface area contributed by atoms with Gasteiger partial charge in [-0.2, -0.15) is 0 Å². The summed E-state index contributed by atoms with van der Waals surface area (Å²) in [4.78, 5) is 8.62. The summed E-state index contributed by atoms with van der Waals surface area (Å²) >= 11 is 0. The van der Waals surface area contributed by atoms with Gasteiger partial charge in [0.1, 0.15) is 0 Å². The van der Waals surface area contributed by atoms with E-state index in [9.17, 15) is 0 Å². The summed E-state index contributed by atoms with van der Waals surface area (Å²) in [6, 6.07) is 13.3. The van der Waals surface area contributed by atoms with Gasteiger partial charge in [-0.15, -0.1) is 24.0 Å². The third-order valence-corrected chi connectivity index (χ3v) is 4.44. The number of hydrogen-bond donors (Lipinski definition) is 2. The van der Waals surface area contributed by atoms with Crippen LogP contribution < -0.4 is 20.1 Å².